The fourth-order valence-electron chi connectivity index (χ4n) is 2.68. The summed E-state index contributed by atoms with van der Waals surface area (Å²) in [7, 11) is 0. The molecule has 0 unspecified atom stereocenters. The molecule has 0 fully saturated rings. The summed E-state index contributed by atoms with van der Waals surface area (Å²) in [6, 6.07) is 17.2. The molecule has 1 amide bonds. The maximum absolute atomic E-state index is 12.1. The van der Waals surface area contributed by atoms with Crippen LogP contribution in [0.15, 0.2) is 60.7 Å². The molecule has 120 valence electrons. The van der Waals surface area contributed by atoms with Crippen molar-refractivity contribution in [3.63, 3.8) is 0 Å². The van der Waals surface area contributed by atoms with E-state index in [4.69, 9.17) is 11.3 Å². The van der Waals surface area contributed by atoms with E-state index in [1.54, 1.807) is 11.0 Å². The normalized spacial score (nSPS) is 13.8. The van der Waals surface area contributed by atoms with Crippen LogP contribution in [0.5, 0.6) is 0 Å². The molecule has 3 rings (SSSR count). The summed E-state index contributed by atoms with van der Waals surface area (Å²) in [5, 5.41) is 0. The van der Waals surface area contributed by atoms with E-state index in [1.807, 2.05) is 54.6 Å². The highest BCUT2D eigenvalue weighted by Crippen LogP contribution is 2.26. The number of carbonyl (C=O) groups is 1. The minimum atomic E-state index is -0.288. The maximum atomic E-state index is 12.1. The number of rotatable bonds is 3. The van der Waals surface area contributed by atoms with E-state index in [9.17, 15) is 4.79 Å². The summed E-state index contributed by atoms with van der Waals surface area (Å²) in [4.78, 5) is 17.3. The Hall–Kier alpha value is -3.06. The van der Waals surface area contributed by atoms with Crippen molar-refractivity contribution in [1.29, 1.82) is 0 Å². The topological polar surface area (TPSA) is 33.9 Å². The van der Waals surface area contributed by atoms with E-state index in [-0.39, 0.29) is 6.09 Å². The van der Waals surface area contributed by atoms with Crippen LogP contribution in [-0.4, -0.2) is 24.1 Å². The summed E-state index contributed by atoms with van der Waals surface area (Å²) in [6.45, 7) is 8.55. The Kier molecular flexibility index (Phi) is 4.93. The van der Waals surface area contributed by atoms with Gasteiger partial charge in [-0.2, -0.15) is 0 Å². The van der Waals surface area contributed by atoms with Gasteiger partial charge in [-0.15, -0.1) is 0 Å². The van der Waals surface area contributed by atoms with Gasteiger partial charge in [0.05, 0.1) is 6.57 Å². The Morgan fingerprint density at radius 1 is 1.17 bits per heavy atom. The first kappa shape index (κ1) is 15.8. The van der Waals surface area contributed by atoms with E-state index >= 15 is 0 Å². The number of hydrogen-bond acceptors (Lipinski definition) is 2. The molecule has 4 nitrogen and oxygen atoms in total. The lowest BCUT2D eigenvalue weighted by atomic mass is 9.99. The summed E-state index contributed by atoms with van der Waals surface area (Å²) >= 11 is 0. The quantitative estimate of drug-likeness (QED) is 0.771. The van der Waals surface area contributed by atoms with Gasteiger partial charge in [0.1, 0.15) is 6.61 Å². The third kappa shape index (κ3) is 3.82. The van der Waals surface area contributed by atoms with Gasteiger partial charge >= 0.3 is 6.09 Å². The van der Waals surface area contributed by atoms with Gasteiger partial charge < -0.3 is 9.64 Å². The first-order valence-electron chi connectivity index (χ1n) is 7.89. The van der Waals surface area contributed by atoms with Gasteiger partial charge in [0.2, 0.25) is 0 Å². The Morgan fingerprint density at radius 2 is 2.00 bits per heavy atom. The fraction of sp³-hybridized carbons (Fsp3) is 0.200. The van der Waals surface area contributed by atoms with Crippen LogP contribution in [0.4, 0.5) is 10.5 Å². The molecule has 0 aliphatic carbocycles. The molecule has 24 heavy (non-hydrogen) atoms. The zero-order valence-corrected chi connectivity index (χ0v) is 13.3. The minimum Gasteiger partial charge on any atom is -0.445 e. The highest BCUT2D eigenvalue weighted by atomic mass is 16.6. The molecule has 1 aliphatic rings. The van der Waals surface area contributed by atoms with Gasteiger partial charge in [0.15, 0.2) is 5.69 Å². The van der Waals surface area contributed by atoms with Crippen molar-refractivity contribution >= 4 is 17.4 Å². The van der Waals surface area contributed by atoms with Crippen LogP contribution in [0.2, 0.25) is 0 Å². The standard InChI is InChI=1S/C20H18N2O2/c1-21-19-9-5-8-18(14-19)17-10-12-22(13-11-17)20(23)24-15-16-6-3-2-4-7-16/h2-10,14H,11-13,15H2. The molecule has 0 saturated carbocycles. The van der Waals surface area contributed by atoms with E-state index < -0.39 is 0 Å². The molecule has 0 aromatic heterocycles. The molecule has 1 aliphatic heterocycles. The lowest BCUT2D eigenvalue weighted by molar-refractivity contribution is 0.0998. The van der Waals surface area contributed by atoms with Gasteiger partial charge in [-0.05, 0) is 29.2 Å². The van der Waals surface area contributed by atoms with E-state index in [0.29, 0.717) is 25.4 Å². The molecule has 0 bridgehead atoms. The third-order valence-electron chi connectivity index (χ3n) is 4.02. The van der Waals surface area contributed by atoms with Crippen molar-refractivity contribution < 1.29 is 9.53 Å². The van der Waals surface area contributed by atoms with Crippen LogP contribution in [0.3, 0.4) is 0 Å². The van der Waals surface area contributed by atoms with Gasteiger partial charge in [-0.3, -0.25) is 0 Å². The molecular weight excluding hydrogens is 300 g/mol. The van der Waals surface area contributed by atoms with Crippen LogP contribution >= 0.6 is 0 Å². The summed E-state index contributed by atoms with van der Waals surface area (Å²) < 4.78 is 5.36. The molecule has 1 heterocycles. The van der Waals surface area contributed by atoms with Gasteiger partial charge in [-0.1, -0.05) is 54.6 Å². The highest BCUT2D eigenvalue weighted by molar-refractivity contribution is 5.73. The smallest absolute Gasteiger partial charge is 0.410 e. The number of benzene rings is 2. The van der Waals surface area contributed by atoms with Gasteiger partial charge in [0, 0.05) is 13.1 Å². The van der Waals surface area contributed by atoms with Crippen molar-refractivity contribution in [1.82, 2.24) is 4.90 Å². The van der Waals surface area contributed by atoms with Crippen molar-refractivity contribution in [3.05, 3.63) is 83.2 Å². The average Bonchev–Trinajstić information content (AvgIpc) is 2.67. The third-order valence-corrected chi connectivity index (χ3v) is 4.02. The van der Waals surface area contributed by atoms with Crippen LogP contribution < -0.4 is 0 Å². The fourth-order valence-corrected chi connectivity index (χ4v) is 2.68. The van der Waals surface area contributed by atoms with Crippen LogP contribution in [0.1, 0.15) is 17.5 Å². The molecule has 2 aromatic carbocycles. The molecule has 0 saturated heterocycles. The van der Waals surface area contributed by atoms with E-state index in [1.165, 1.54) is 5.57 Å². The second kappa shape index (κ2) is 7.47. The van der Waals surface area contributed by atoms with Crippen LogP contribution in [-0.2, 0) is 11.3 Å². The van der Waals surface area contributed by atoms with Gasteiger partial charge in [0.25, 0.3) is 0 Å². The maximum Gasteiger partial charge on any atom is 0.410 e. The first-order valence-corrected chi connectivity index (χ1v) is 7.89. The summed E-state index contributed by atoms with van der Waals surface area (Å²) in [6.07, 6.45) is 2.52. The molecule has 0 N–H and O–H groups in total. The number of amides is 1. The van der Waals surface area contributed by atoms with Crippen molar-refractivity contribution in [2.24, 2.45) is 0 Å². The second-order valence-corrected chi connectivity index (χ2v) is 5.63. The lowest BCUT2D eigenvalue weighted by Gasteiger charge is -2.26. The lowest BCUT2D eigenvalue weighted by Crippen LogP contribution is -2.35. The van der Waals surface area contributed by atoms with Crippen LogP contribution in [0.25, 0.3) is 10.4 Å². The average molecular weight is 318 g/mol. The summed E-state index contributed by atoms with van der Waals surface area (Å²) in [5.41, 5.74) is 3.85. The molecule has 0 radical (unpaired) electrons. The zero-order valence-electron chi connectivity index (χ0n) is 13.3. The first-order chi connectivity index (χ1) is 11.8. The minimum absolute atomic E-state index is 0.288. The number of ether oxygens (including phenoxy) is 1. The monoisotopic (exact) mass is 318 g/mol. The Balaban J connectivity index is 1.58. The molecular formula is C20H18N2O2. The molecule has 0 spiro atoms. The van der Waals surface area contributed by atoms with Gasteiger partial charge in [-0.25, -0.2) is 9.64 Å². The predicted octanol–water partition coefficient (Wildman–Crippen LogP) is 4.66. The number of carbonyl (C=O) groups excluding carboxylic acids is 1. The molecule has 2 aromatic rings. The SMILES string of the molecule is [C-]#[N+]c1cccc(C2=CCN(C(=O)OCc3ccccc3)CC2)c1. The Morgan fingerprint density at radius 3 is 2.71 bits per heavy atom. The predicted molar refractivity (Wildman–Crippen MR) is 93.5 cm³/mol. The van der Waals surface area contributed by atoms with E-state index in [2.05, 4.69) is 4.85 Å². The van der Waals surface area contributed by atoms with Crippen molar-refractivity contribution in [2.75, 3.05) is 13.1 Å². The number of hydrogen-bond donors (Lipinski definition) is 0. The van der Waals surface area contributed by atoms with E-state index in [0.717, 1.165) is 17.5 Å². The highest BCUT2D eigenvalue weighted by Gasteiger charge is 2.19. The summed E-state index contributed by atoms with van der Waals surface area (Å²) in [5.74, 6) is 0. The Bertz CT molecular complexity index is 791. The van der Waals surface area contributed by atoms with Crippen molar-refractivity contribution in [3.8, 4) is 0 Å². The van der Waals surface area contributed by atoms with Crippen molar-refractivity contribution in [2.45, 2.75) is 13.0 Å². The molecule has 4 heteroatoms. The van der Waals surface area contributed by atoms with Crippen LogP contribution in [0, 0.1) is 6.57 Å². The Labute approximate surface area is 141 Å². The largest absolute Gasteiger partial charge is 0.445 e. The number of nitrogens with zero attached hydrogens (tertiary/aromatic N) is 2. The second-order valence-electron chi connectivity index (χ2n) is 5.63. The molecule has 0 atom stereocenters. The zero-order chi connectivity index (χ0) is 16.8.